The smallest absolute Gasteiger partial charge is 0.100 e. The van der Waals surface area contributed by atoms with E-state index in [0.29, 0.717) is 5.92 Å². The van der Waals surface area contributed by atoms with Crippen LogP contribution in [0.1, 0.15) is 54.5 Å². The SMILES string of the molecule is Cc1c(C2CCNCC2)sc2[nH]cc(C(C)C)c12. The third-order valence-corrected chi connectivity index (χ3v) is 5.55. The molecule has 3 heteroatoms. The molecule has 98 valence electrons. The standard InChI is InChI=1S/C15H22N2S/c1-9(2)12-8-17-15-13(12)10(3)14(18-15)11-4-6-16-7-5-11/h8-9,11,16-17H,4-7H2,1-3H3. The number of H-pyrrole nitrogens is 1. The van der Waals surface area contributed by atoms with Crippen LogP contribution in [-0.4, -0.2) is 18.1 Å². The molecular weight excluding hydrogens is 240 g/mol. The summed E-state index contributed by atoms with van der Waals surface area (Å²) in [6.45, 7) is 9.23. The first-order valence-electron chi connectivity index (χ1n) is 6.99. The van der Waals surface area contributed by atoms with E-state index in [1.165, 1.54) is 47.3 Å². The summed E-state index contributed by atoms with van der Waals surface area (Å²) in [6, 6.07) is 0. The fraction of sp³-hybridized carbons (Fsp3) is 0.600. The number of aromatic nitrogens is 1. The predicted molar refractivity (Wildman–Crippen MR) is 79.8 cm³/mol. The van der Waals surface area contributed by atoms with Gasteiger partial charge in [0, 0.05) is 16.5 Å². The molecule has 1 aliphatic heterocycles. The van der Waals surface area contributed by atoms with Gasteiger partial charge in [0.1, 0.15) is 4.83 Å². The van der Waals surface area contributed by atoms with Gasteiger partial charge >= 0.3 is 0 Å². The van der Waals surface area contributed by atoms with E-state index in [9.17, 15) is 0 Å². The summed E-state index contributed by atoms with van der Waals surface area (Å²) < 4.78 is 0. The minimum atomic E-state index is 0.605. The molecule has 1 fully saturated rings. The molecule has 0 spiro atoms. The van der Waals surface area contributed by atoms with Crippen molar-refractivity contribution in [2.24, 2.45) is 0 Å². The number of piperidine rings is 1. The van der Waals surface area contributed by atoms with Crippen molar-refractivity contribution in [2.75, 3.05) is 13.1 Å². The van der Waals surface area contributed by atoms with Crippen molar-refractivity contribution < 1.29 is 0 Å². The van der Waals surface area contributed by atoms with Crippen LogP contribution in [-0.2, 0) is 0 Å². The number of aryl methyl sites for hydroxylation is 1. The lowest BCUT2D eigenvalue weighted by atomic mass is 9.92. The molecule has 2 aromatic rings. The highest BCUT2D eigenvalue weighted by Gasteiger charge is 2.22. The normalized spacial score (nSPS) is 18.0. The molecule has 0 saturated carbocycles. The number of nitrogens with one attached hydrogen (secondary N) is 2. The summed E-state index contributed by atoms with van der Waals surface area (Å²) in [7, 11) is 0. The van der Waals surface area contributed by atoms with Gasteiger partial charge in [-0.05, 0) is 55.8 Å². The van der Waals surface area contributed by atoms with Gasteiger partial charge in [0.05, 0.1) is 0 Å². The van der Waals surface area contributed by atoms with Crippen LogP contribution < -0.4 is 5.32 Å². The van der Waals surface area contributed by atoms with Gasteiger partial charge in [0.25, 0.3) is 0 Å². The lowest BCUT2D eigenvalue weighted by molar-refractivity contribution is 0.464. The number of hydrogen-bond acceptors (Lipinski definition) is 2. The van der Waals surface area contributed by atoms with Crippen LogP contribution in [0.5, 0.6) is 0 Å². The maximum atomic E-state index is 3.47. The summed E-state index contributed by atoms with van der Waals surface area (Å²) in [5.74, 6) is 1.38. The van der Waals surface area contributed by atoms with Gasteiger partial charge in [0.2, 0.25) is 0 Å². The van der Waals surface area contributed by atoms with Gasteiger partial charge in [-0.25, -0.2) is 0 Å². The number of thiophene rings is 1. The first-order chi connectivity index (χ1) is 8.68. The van der Waals surface area contributed by atoms with E-state index in [1.54, 1.807) is 4.88 Å². The van der Waals surface area contributed by atoms with Gasteiger partial charge < -0.3 is 10.3 Å². The molecule has 0 aromatic carbocycles. The van der Waals surface area contributed by atoms with Crippen molar-refractivity contribution in [3.8, 4) is 0 Å². The van der Waals surface area contributed by atoms with Crippen molar-refractivity contribution >= 4 is 21.6 Å². The van der Waals surface area contributed by atoms with Crippen molar-refractivity contribution in [3.63, 3.8) is 0 Å². The third kappa shape index (κ3) is 1.90. The Morgan fingerprint density at radius 2 is 2.00 bits per heavy atom. The zero-order valence-corrected chi connectivity index (χ0v) is 12.3. The van der Waals surface area contributed by atoms with Gasteiger partial charge in [0.15, 0.2) is 0 Å². The fourth-order valence-electron chi connectivity index (χ4n) is 3.12. The van der Waals surface area contributed by atoms with Crippen molar-refractivity contribution in [1.29, 1.82) is 0 Å². The topological polar surface area (TPSA) is 27.8 Å². The Morgan fingerprint density at radius 3 is 2.67 bits per heavy atom. The van der Waals surface area contributed by atoms with E-state index in [0.717, 1.165) is 5.92 Å². The van der Waals surface area contributed by atoms with Crippen LogP contribution in [0.25, 0.3) is 10.2 Å². The molecule has 3 heterocycles. The molecule has 0 atom stereocenters. The molecular formula is C15H22N2S. The third-order valence-electron chi connectivity index (χ3n) is 4.16. The Labute approximate surface area is 113 Å². The van der Waals surface area contributed by atoms with Crippen LogP contribution in [0, 0.1) is 6.92 Å². The van der Waals surface area contributed by atoms with Crippen LogP contribution in [0.4, 0.5) is 0 Å². The number of aromatic amines is 1. The maximum Gasteiger partial charge on any atom is 0.100 e. The van der Waals surface area contributed by atoms with E-state index < -0.39 is 0 Å². The largest absolute Gasteiger partial charge is 0.353 e. The Bertz CT molecular complexity index is 544. The highest BCUT2D eigenvalue weighted by atomic mass is 32.1. The number of fused-ring (bicyclic) bond motifs is 1. The molecule has 2 N–H and O–H groups in total. The zero-order chi connectivity index (χ0) is 12.7. The molecule has 1 aliphatic rings. The van der Waals surface area contributed by atoms with Crippen molar-refractivity contribution in [2.45, 2.75) is 45.4 Å². The van der Waals surface area contributed by atoms with Crippen LogP contribution in [0.15, 0.2) is 6.20 Å². The van der Waals surface area contributed by atoms with Crippen LogP contribution >= 0.6 is 11.3 Å². The first kappa shape index (κ1) is 12.2. The average molecular weight is 262 g/mol. The molecule has 0 radical (unpaired) electrons. The van der Waals surface area contributed by atoms with Gasteiger partial charge in [-0.2, -0.15) is 0 Å². The van der Waals surface area contributed by atoms with Crippen LogP contribution in [0.3, 0.4) is 0 Å². The van der Waals surface area contributed by atoms with Gasteiger partial charge in [-0.15, -0.1) is 11.3 Å². The molecule has 0 aliphatic carbocycles. The minimum Gasteiger partial charge on any atom is -0.353 e. The molecule has 1 saturated heterocycles. The van der Waals surface area contributed by atoms with E-state index in [1.807, 2.05) is 11.3 Å². The van der Waals surface area contributed by atoms with Gasteiger partial charge in [-0.3, -0.25) is 0 Å². The lowest BCUT2D eigenvalue weighted by Gasteiger charge is -2.22. The van der Waals surface area contributed by atoms with Gasteiger partial charge in [-0.1, -0.05) is 13.8 Å². The fourth-order valence-corrected chi connectivity index (χ4v) is 4.49. The van der Waals surface area contributed by atoms with E-state index in [4.69, 9.17) is 0 Å². The number of hydrogen-bond donors (Lipinski definition) is 2. The van der Waals surface area contributed by atoms with E-state index >= 15 is 0 Å². The number of rotatable bonds is 2. The highest BCUT2D eigenvalue weighted by Crippen LogP contribution is 2.41. The Hall–Kier alpha value is -0.800. The summed E-state index contributed by atoms with van der Waals surface area (Å²) in [5, 5.41) is 4.96. The summed E-state index contributed by atoms with van der Waals surface area (Å²) >= 11 is 1.99. The summed E-state index contributed by atoms with van der Waals surface area (Å²) in [5.41, 5.74) is 3.02. The van der Waals surface area contributed by atoms with Crippen molar-refractivity contribution in [1.82, 2.24) is 10.3 Å². The monoisotopic (exact) mass is 262 g/mol. The molecule has 2 aromatic heterocycles. The Balaban J connectivity index is 2.05. The maximum absolute atomic E-state index is 3.47. The summed E-state index contributed by atoms with van der Waals surface area (Å²) in [6.07, 6.45) is 4.78. The molecule has 2 nitrogen and oxygen atoms in total. The summed E-state index contributed by atoms with van der Waals surface area (Å²) in [4.78, 5) is 6.48. The van der Waals surface area contributed by atoms with E-state index in [-0.39, 0.29) is 0 Å². The second-order valence-electron chi connectivity index (χ2n) is 5.72. The Morgan fingerprint density at radius 1 is 1.28 bits per heavy atom. The van der Waals surface area contributed by atoms with Crippen molar-refractivity contribution in [3.05, 3.63) is 22.2 Å². The average Bonchev–Trinajstić information content (AvgIpc) is 2.91. The zero-order valence-electron chi connectivity index (χ0n) is 11.5. The predicted octanol–water partition coefficient (Wildman–Crippen LogP) is 4.13. The second-order valence-corrected chi connectivity index (χ2v) is 6.77. The van der Waals surface area contributed by atoms with Crippen LogP contribution in [0.2, 0.25) is 0 Å². The minimum absolute atomic E-state index is 0.605. The lowest BCUT2D eigenvalue weighted by Crippen LogP contribution is -2.26. The molecule has 0 bridgehead atoms. The highest BCUT2D eigenvalue weighted by molar-refractivity contribution is 7.19. The molecule has 0 amide bonds. The quantitative estimate of drug-likeness (QED) is 0.837. The molecule has 3 rings (SSSR count). The Kier molecular flexibility index (Phi) is 3.20. The molecule has 18 heavy (non-hydrogen) atoms. The van der Waals surface area contributed by atoms with E-state index in [2.05, 4.69) is 37.3 Å². The molecule has 0 unspecified atom stereocenters. The first-order valence-corrected chi connectivity index (χ1v) is 7.81. The second kappa shape index (κ2) is 4.71.